The molecule has 0 saturated heterocycles. The molecule has 1 N–H and O–H groups in total. The number of sulfone groups is 1. The highest BCUT2D eigenvalue weighted by Crippen LogP contribution is 2.40. The highest BCUT2D eigenvalue weighted by Gasteiger charge is 2.28. The summed E-state index contributed by atoms with van der Waals surface area (Å²) in [6, 6.07) is 19.9. The molecule has 0 atom stereocenters. The first-order valence-electron chi connectivity index (χ1n) is 11.6. The maximum absolute atomic E-state index is 13.1. The standard InChI is InChI=1S/C25H27NO3S.C6H4/c1-8-18-11-9-10-12-22(18)30(28,29)19(16-26)13-17-14-20(24(2,3)4)23(27)21(15-17)25(5,6)7;1-2-6-4-3-5(1)6/h1,9-15,27H,2-7H3;1-4H. The average Bonchev–Trinajstić information content (AvgIpc) is 2.79. The lowest BCUT2D eigenvalue weighted by Gasteiger charge is -2.28. The van der Waals surface area contributed by atoms with Crippen LogP contribution in [0, 0.1) is 23.7 Å². The topological polar surface area (TPSA) is 78.2 Å². The molecule has 0 spiro atoms. The van der Waals surface area contributed by atoms with Crippen LogP contribution in [-0.2, 0) is 20.7 Å². The van der Waals surface area contributed by atoms with Gasteiger partial charge in [-0.25, -0.2) is 8.42 Å². The van der Waals surface area contributed by atoms with Crippen LogP contribution in [0.15, 0.2) is 70.5 Å². The van der Waals surface area contributed by atoms with Crippen LogP contribution in [0.25, 0.3) is 17.2 Å². The van der Waals surface area contributed by atoms with Crippen molar-refractivity contribution in [2.24, 2.45) is 0 Å². The first-order valence-corrected chi connectivity index (χ1v) is 13.1. The van der Waals surface area contributed by atoms with Gasteiger partial charge in [0.05, 0.1) is 4.90 Å². The summed E-state index contributed by atoms with van der Waals surface area (Å²) in [6.45, 7) is 11.8. The van der Waals surface area contributed by atoms with E-state index in [2.05, 4.69) is 30.2 Å². The van der Waals surface area contributed by atoms with E-state index < -0.39 is 14.7 Å². The van der Waals surface area contributed by atoms with Gasteiger partial charge in [-0.3, -0.25) is 0 Å². The van der Waals surface area contributed by atoms with Crippen molar-refractivity contribution in [2.45, 2.75) is 57.3 Å². The zero-order valence-electron chi connectivity index (χ0n) is 21.5. The Morgan fingerprint density at radius 2 is 1.36 bits per heavy atom. The molecule has 4 rings (SSSR count). The largest absolute Gasteiger partial charge is 0.507 e. The predicted octanol–water partition coefficient (Wildman–Crippen LogP) is 6.97. The summed E-state index contributed by atoms with van der Waals surface area (Å²) in [5.41, 5.74) is 4.19. The molecule has 0 radical (unpaired) electrons. The molecule has 0 bridgehead atoms. The highest BCUT2D eigenvalue weighted by atomic mass is 32.2. The van der Waals surface area contributed by atoms with Gasteiger partial charge >= 0.3 is 0 Å². The molecule has 0 amide bonds. The minimum absolute atomic E-state index is 0.0776. The second-order valence-electron chi connectivity index (χ2n) is 10.8. The van der Waals surface area contributed by atoms with E-state index in [1.807, 2.05) is 47.6 Å². The summed E-state index contributed by atoms with van der Waals surface area (Å²) in [4.78, 5) is -0.484. The number of fused-ring (bicyclic) bond motifs is 1. The Morgan fingerprint density at radius 3 is 1.72 bits per heavy atom. The molecular formula is C31H31NO3S. The molecule has 0 saturated carbocycles. The summed E-state index contributed by atoms with van der Waals surface area (Å²) >= 11 is 0. The number of phenolic OH excluding ortho intramolecular Hbond substituents is 1. The molecular weight excluding hydrogens is 466 g/mol. The summed E-state index contributed by atoms with van der Waals surface area (Å²) in [5.74, 6) is 2.55. The van der Waals surface area contributed by atoms with Crippen molar-refractivity contribution in [3.05, 3.63) is 87.8 Å². The van der Waals surface area contributed by atoms with E-state index in [0.29, 0.717) is 16.7 Å². The quantitative estimate of drug-likeness (QED) is 0.245. The van der Waals surface area contributed by atoms with Crippen molar-refractivity contribution in [1.29, 1.82) is 5.26 Å². The van der Waals surface area contributed by atoms with E-state index in [-0.39, 0.29) is 27.0 Å². The maximum atomic E-state index is 13.1. The Hall–Kier alpha value is -3.80. The first kappa shape index (κ1) is 26.8. The average molecular weight is 498 g/mol. The van der Waals surface area contributed by atoms with Gasteiger partial charge in [0.25, 0.3) is 0 Å². The summed E-state index contributed by atoms with van der Waals surface area (Å²) in [6.07, 6.45) is 6.79. The van der Waals surface area contributed by atoms with Crippen LogP contribution in [0.5, 0.6) is 5.75 Å². The highest BCUT2D eigenvalue weighted by molar-refractivity contribution is 7.95. The fourth-order valence-electron chi connectivity index (χ4n) is 3.81. The predicted molar refractivity (Wildman–Crippen MR) is 146 cm³/mol. The van der Waals surface area contributed by atoms with E-state index in [4.69, 9.17) is 6.42 Å². The number of nitriles is 1. The van der Waals surface area contributed by atoms with Crippen molar-refractivity contribution in [1.82, 2.24) is 0 Å². The van der Waals surface area contributed by atoms with Gasteiger partial charge in [0, 0.05) is 16.7 Å². The van der Waals surface area contributed by atoms with E-state index >= 15 is 0 Å². The summed E-state index contributed by atoms with van der Waals surface area (Å²) in [7, 11) is -4.10. The molecule has 4 nitrogen and oxygen atoms in total. The minimum Gasteiger partial charge on any atom is -0.507 e. The first-order chi connectivity index (χ1) is 16.7. The van der Waals surface area contributed by atoms with Gasteiger partial charge < -0.3 is 5.11 Å². The summed E-state index contributed by atoms with van der Waals surface area (Å²) in [5, 5.41) is 20.5. The molecule has 5 heteroatoms. The van der Waals surface area contributed by atoms with E-state index in [1.54, 1.807) is 24.3 Å². The molecule has 2 aliphatic rings. The number of hydrogen-bond acceptors (Lipinski definition) is 4. The van der Waals surface area contributed by atoms with Crippen LogP contribution in [0.1, 0.15) is 63.8 Å². The van der Waals surface area contributed by atoms with Gasteiger partial charge in [0.2, 0.25) is 9.84 Å². The van der Waals surface area contributed by atoms with Gasteiger partial charge in [0.15, 0.2) is 0 Å². The third-order valence-electron chi connectivity index (χ3n) is 6.00. The van der Waals surface area contributed by atoms with Crippen LogP contribution in [0.2, 0.25) is 0 Å². The molecule has 2 aromatic rings. The van der Waals surface area contributed by atoms with Crippen LogP contribution in [-0.4, -0.2) is 13.5 Å². The summed E-state index contributed by atoms with van der Waals surface area (Å²) < 4.78 is 26.3. The van der Waals surface area contributed by atoms with Gasteiger partial charge in [-0.2, -0.15) is 5.26 Å². The number of benzene rings is 3. The SMILES string of the molecule is C#Cc1ccccc1S(=O)(=O)C(C#N)=Cc1cc(C(C)(C)C)c(O)c(C(C)(C)C)c1.c1cc2ccc1-2. The monoisotopic (exact) mass is 497 g/mol. The van der Waals surface area contributed by atoms with Crippen LogP contribution >= 0.6 is 0 Å². The second-order valence-corrected chi connectivity index (χ2v) is 12.7. The van der Waals surface area contributed by atoms with Crippen molar-refractivity contribution in [3.63, 3.8) is 0 Å². The molecule has 0 fully saturated rings. The van der Waals surface area contributed by atoms with E-state index in [1.165, 1.54) is 29.3 Å². The third-order valence-corrected chi connectivity index (χ3v) is 7.72. The van der Waals surface area contributed by atoms with E-state index in [9.17, 15) is 18.8 Å². The Labute approximate surface area is 214 Å². The molecule has 0 aromatic heterocycles. The van der Waals surface area contributed by atoms with Gasteiger partial charge in [-0.15, -0.1) is 6.42 Å². The lowest BCUT2D eigenvalue weighted by molar-refractivity contribution is 0.423. The van der Waals surface area contributed by atoms with Crippen molar-refractivity contribution < 1.29 is 13.5 Å². The van der Waals surface area contributed by atoms with Gasteiger partial charge in [-0.1, -0.05) is 83.9 Å². The maximum Gasteiger partial charge on any atom is 0.217 e. The fourth-order valence-corrected chi connectivity index (χ4v) is 5.13. The van der Waals surface area contributed by atoms with Crippen LogP contribution in [0.3, 0.4) is 0 Å². The van der Waals surface area contributed by atoms with Crippen molar-refractivity contribution in [3.8, 4) is 35.3 Å². The zero-order valence-corrected chi connectivity index (χ0v) is 22.4. The Bertz CT molecular complexity index is 1460. The lowest BCUT2D eigenvalue weighted by Crippen LogP contribution is -2.17. The number of hydrogen-bond donors (Lipinski definition) is 1. The fraction of sp³-hybridized carbons (Fsp3) is 0.258. The third kappa shape index (κ3) is 5.38. The number of aromatic hydroxyl groups is 1. The molecule has 0 heterocycles. The molecule has 36 heavy (non-hydrogen) atoms. The smallest absolute Gasteiger partial charge is 0.217 e. The number of nitrogens with zero attached hydrogens (tertiary/aromatic N) is 1. The number of phenols is 1. The lowest BCUT2D eigenvalue weighted by atomic mass is 9.78. The minimum atomic E-state index is -4.10. The Balaban J connectivity index is 0.000000513. The Kier molecular flexibility index (Phi) is 7.21. The van der Waals surface area contributed by atoms with Crippen LogP contribution < -0.4 is 0 Å². The molecule has 0 aliphatic heterocycles. The van der Waals surface area contributed by atoms with Gasteiger partial charge in [-0.05, 0) is 57.9 Å². The zero-order chi connectivity index (χ0) is 26.9. The number of rotatable bonds is 3. The molecule has 2 aliphatic carbocycles. The second kappa shape index (κ2) is 9.69. The normalized spacial score (nSPS) is 12.6. The van der Waals surface area contributed by atoms with Crippen molar-refractivity contribution >= 4 is 15.9 Å². The number of allylic oxidation sites excluding steroid dienone is 1. The van der Waals surface area contributed by atoms with Crippen LogP contribution in [0.4, 0.5) is 0 Å². The molecule has 184 valence electrons. The van der Waals surface area contributed by atoms with Crippen molar-refractivity contribution in [2.75, 3.05) is 0 Å². The van der Waals surface area contributed by atoms with Gasteiger partial charge in [0.1, 0.15) is 16.7 Å². The Morgan fingerprint density at radius 1 is 0.889 bits per heavy atom. The number of terminal acetylenes is 1. The van der Waals surface area contributed by atoms with E-state index in [0.717, 1.165) is 0 Å². The molecule has 0 unspecified atom stereocenters. The molecule has 2 aromatic carbocycles.